The zero-order chi connectivity index (χ0) is 8.97. The predicted molar refractivity (Wildman–Crippen MR) is 53.5 cm³/mol. The molecule has 2 heteroatoms. The van der Waals surface area contributed by atoms with Gasteiger partial charge in [0.2, 0.25) is 0 Å². The summed E-state index contributed by atoms with van der Waals surface area (Å²) in [6, 6.07) is 8.52. The normalized spacial score (nSPS) is 9.92. The van der Waals surface area contributed by atoms with Crippen LogP contribution in [0.2, 0.25) is 0 Å². The third kappa shape index (κ3) is 2.24. The maximum Gasteiger partial charge on any atom is 0.0676 e. The Morgan fingerprint density at radius 2 is 1.83 bits per heavy atom. The van der Waals surface area contributed by atoms with E-state index in [1.807, 2.05) is 7.05 Å². The highest BCUT2D eigenvalue weighted by atomic mass is 15.2. The first-order valence-electron chi connectivity index (χ1n) is 4.16. The van der Waals surface area contributed by atoms with E-state index in [-0.39, 0.29) is 0 Å². The van der Waals surface area contributed by atoms with Gasteiger partial charge in [0.1, 0.15) is 0 Å². The quantitative estimate of drug-likeness (QED) is 0.683. The van der Waals surface area contributed by atoms with E-state index in [2.05, 4.69) is 48.5 Å². The summed E-state index contributed by atoms with van der Waals surface area (Å²) in [5, 5.41) is 3.11. The Labute approximate surface area is 74.2 Å². The fourth-order valence-electron chi connectivity index (χ4n) is 1.13. The molecular formula is C10H16N2. The highest BCUT2D eigenvalue weighted by molar-refractivity contribution is 5.46. The fourth-order valence-corrected chi connectivity index (χ4v) is 1.13. The number of nitrogens with one attached hydrogen (secondary N) is 1. The van der Waals surface area contributed by atoms with Gasteiger partial charge in [-0.2, -0.15) is 0 Å². The lowest BCUT2D eigenvalue weighted by molar-refractivity contribution is 0.776. The molecule has 0 saturated carbocycles. The molecule has 0 atom stereocenters. The minimum Gasteiger partial charge on any atom is -0.362 e. The van der Waals surface area contributed by atoms with Crippen molar-refractivity contribution in [2.24, 2.45) is 0 Å². The predicted octanol–water partition coefficient (Wildman–Crippen LogP) is 1.61. The maximum atomic E-state index is 3.11. The molecule has 0 radical (unpaired) electrons. The molecule has 0 heterocycles. The van der Waals surface area contributed by atoms with Crippen molar-refractivity contribution in [3.05, 3.63) is 29.8 Å². The van der Waals surface area contributed by atoms with Gasteiger partial charge in [0.05, 0.1) is 6.67 Å². The molecule has 66 valence electrons. The van der Waals surface area contributed by atoms with E-state index >= 15 is 0 Å². The number of aryl methyl sites for hydroxylation is 1. The fraction of sp³-hybridized carbons (Fsp3) is 0.400. The molecule has 0 aromatic heterocycles. The number of hydrogen-bond acceptors (Lipinski definition) is 2. The third-order valence-corrected chi connectivity index (χ3v) is 1.87. The summed E-state index contributed by atoms with van der Waals surface area (Å²) < 4.78 is 0. The summed E-state index contributed by atoms with van der Waals surface area (Å²) >= 11 is 0. The molecule has 1 aromatic rings. The molecule has 0 aliphatic carbocycles. The zero-order valence-electron chi connectivity index (χ0n) is 7.96. The van der Waals surface area contributed by atoms with Crippen LogP contribution in [0.1, 0.15) is 5.56 Å². The van der Waals surface area contributed by atoms with E-state index < -0.39 is 0 Å². The summed E-state index contributed by atoms with van der Waals surface area (Å²) in [7, 11) is 4.02. The van der Waals surface area contributed by atoms with Crippen LogP contribution in [-0.2, 0) is 0 Å². The van der Waals surface area contributed by atoms with Crippen molar-refractivity contribution in [2.45, 2.75) is 6.92 Å². The molecule has 0 fully saturated rings. The number of hydrogen-bond donors (Lipinski definition) is 1. The number of nitrogens with zero attached hydrogens (tertiary/aromatic N) is 1. The largest absolute Gasteiger partial charge is 0.362 e. The smallest absolute Gasteiger partial charge is 0.0676 e. The molecule has 12 heavy (non-hydrogen) atoms. The first kappa shape index (κ1) is 9.07. The average Bonchev–Trinajstić information content (AvgIpc) is 2.06. The molecule has 0 spiro atoms. The van der Waals surface area contributed by atoms with Crippen molar-refractivity contribution in [1.82, 2.24) is 5.32 Å². The summed E-state index contributed by atoms with van der Waals surface area (Å²) in [4.78, 5) is 2.17. The van der Waals surface area contributed by atoms with Crippen molar-refractivity contribution in [1.29, 1.82) is 0 Å². The highest BCUT2D eigenvalue weighted by Gasteiger charge is 1.96. The van der Waals surface area contributed by atoms with Gasteiger partial charge in [-0.15, -0.1) is 0 Å². The molecule has 0 saturated heterocycles. The van der Waals surface area contributed by atoms with E-state index in [1.165, 1.54) is 11.3 Å². The van der Waals surface area contributed by atoms with Gasteiger partial charge in [0.25, 0.3) is 0 Å². The van der Waals surface area contributed by atoms with Crippen LogP contribution in [0.25, 0.3) is 0 Å². The van der Waals surface area contributed by atoms with Gasteiger partial charge in [-0.3, -0.25) is 0 Å². The lowest BCUT2D eigenvalue weighted by Crippen LogP contribution is -2.28. The van der Waals surface area contributed by atoms with Crippen LogP contribution >= 0.6 is 0 Å². The van der Waals surface area contributed by atoms with Gasteiger partial charge in [-0.05, 0) is 26.1 Å². The van der Waals surface area contributed by atoms with E-state index in [0.717, 1.165) is 6.67 Å². The summed E-state index contributed by atoms with van der Waals surface area (Å²) in [6.45, 7) is 2.98. The number of anilines is 1. The molecule has 0 aliphatic rings. The van der Waals surface area contributed by atoms with Crippen molar-refractivity contribution in [3.63, 3.8) is 0 Å². The molecule has 0 amide bonds. The van der Waals surface area contributed by atoms with Crippen molar-refractivity contribution in [3.8, 4) is 0 Å². The Balaban J connectivity index is 2.68. The minimum absolute atomic E-state index is 0.878. The van der Waals surface area contributed by atoms with Crippen molar-refractivity contribution >= 4 is 5.69 Å². The first-order chi connectivity index (χ1) is 5.74. The van der Waals surface area contributed by atoms with Gasteiger partial charge in [-0.25, -0.2) is 0 Å². The second-order valence-corrected chi connectivity index (χ2v) is 3.05. The van der Waals surface area contributed by atoms with Crippen LogP contribution in [0, 0.1) is 6.92 Å². The van der Waals surface area contributed by atoms with Crippen LogP contribution in [0.4, 0.5) is 5.69 Å². The highest BCUT2D eigenvalue weighted by Crippen LogP contribution is 2.11. The molecule has 1 rings (SSSR count). The zero-order valence-corrected chi connectivity index (χ0v) is 7.96. The lowest BCUT2D eigenvalue weighted by Gasteiger charge is -2.18. The van der Waals surface area contributed by atoms with E-state index in [0.29, 0.717) is 0 Å². The van der Waals surface area contributed by atoms with Crippen LogP contribution < -0.4 is 10.2 Å². The molecule has 1 aromatic carbocycles. The Morgan fingerprint density at radius 3 is 2.33 bits per heavy atom. The Bertz CT molecular complexity index is 228. The second-order valence-electron chi connectivity index (χ2n) is 3.05. The molecule has 1 N–H and O–H groups in total. The van der Waals surface area contributed by atoms with Gasteiger partial charge in [-0.1, -0.05) is 17.7 Å². The third-order valence-electron chi connectivity index (χ3n) is 1.87. The minimum atomic E-state index is 0.878. The number of benzene rings is 1. The van der Waals surface area contributed by atoms with E-state index in [9.17, 15) is 0 Å². The summed E-state index contributed by atoms with van der Waals surface area (Å²) in [5.41, 5.74) is 2.55. The van der Waals surface area contributed by atoms with Crippen molar-refractivity contribution < 1.29 is 0 Å². The van der Waals surface area contributed by atoms with Crippen LogP contribution in [0.3, 0.4) is 0 Å². The van der Waals surface area contributed by atoms with E-state index in [1.54, 1.807) is 0 Å². The monoisotopic (exact) mass is 164 g/mol. The standard InChI is InChI=1S/C10H16N2/c1-9-4-6-10(7-5-9)12(3)8-11-2/h4-7,11H,8H2,1-3H3. The molecular weight excluding hydrogens is 148 g/mol. The summed E-state index contributed by atoms with van der Waals surface area (Å²) in [6.07, 6.45) is 0. The van der Waals surface area contributed by atoms with Gasteiger partial charge in [0.15, 0.2) is 0 Å². The van der Waals surface area contributed by atoms with Gasteiger partial charge >= 0.3 is 0 Å². The van der Waals surface area contributed by atoms with Gasteiger partial charge in [0, 0.05) is 12.7 Å². The van der Waals surface area contributed by atoms with Crippen LogP contribution in [-0.4, -0.2) is 20.8 Å². The molecule has 2 nitrogen and oxygen atoms in total. The van der Waals surface area contributed by atoms with Crippen LogP contribution in [0.5, 0.6) is 0 Å². The summed E-state index contributed by atoms with van der Waals surface area (Å²) in [5.74, 6) is 0. The SMILES string of the molecule is CNCN(C)c1ccc(C)cc1. The van der Waals surface area contributed by atoms with E-state index in [4.69, 9.17) is 0 Å². The first-order valence-corrected chi connectivity index (χ1v) is 4.16. The molecule has 0 unspecified atom stereocenters. The van der Waals surface area contributed by atoms with Crippen molar-refractivity contribution in [2.75, 3.05) is 25.7 Å². The number of rotatable bonds is 3. The lowest BCUT2D eigenvalue weighted by atomic mass is 10.2. The Morgan fingerprint density at radius 1 is 1.25 bits per heavy atom. The van der Waals surface area contributed by atoms with Crippen LogP contribution in [0.15, 0.2) is 24.3 Å². The second kappa shape index (κ2) is 4.12. The average molecular weight is 164 g/mol. The maximum absolute atomic E-state index is 3.11. The topological polar surface area (TPSA) is 15.3 Å². The molecule has 0 aliphatic heterocycles. The Kier molecular flexibility index (Phi) is 3.11. The van der Waals surface area contributed by atoms with Gasteiger partial charge < -0.3 is 10.2 Å². The Hall–Kier alpha value is -1.02. The molecule has 0 bridgehead atoms.